The molecule has 3 rings (SSSR count). The molecule has 10 nitrogen and oxygen atoms in total. The molecular weight excluding hydrogens is 602 g/mol. The standard InChI is InChI=1S/C26H30ClF2N3O7P2/c1-32(24(34)9-7-16-4-3-5-22(29)25(16)27)20(12-21(33)15-39-41(36,40)37-2)14-38-26(35)31-23-11-18-10-19(28)8-6-17(18)13-30-23/h3-6,8,10-11,13,20-21,33,36,40H,7,9,12,14-15H2,1-2H3,(H,30,31,35)/t20-,21?,41?/m0/s1. The van der Waals surface area contributed by atoms with E-state index in [1.165, 1.54) is 55.6 Å². The summed E-state index contributed by atoms with van der Waals surface area (Å²) in [5.41, 5.74) is 0.455. The van der Waals surface area contributed by atoms with Crippen LogP contribution in [0, 0.1) is 11.6 Å². The van der Waals surface area contributed by atoms with Crippen molar-refractivity contribution in [1.29, 1.82) is 0 Å². The summed E-state index contributed by atoms with van der Waals surface area (Å²) in [6, 6.07) is 9.12. The second-order valence-electron chi connectivity index (χ2n) is 9.04. The van der Waals surface area contributed by atoms with Gasteiger partial charge < -0.3 is 28.7 Å². The molecule has 0 saturated heterocycles. The third-order valence-corrected chi connectivity index (χ3v) is 8.49. The number of aryl methyl sites for hydroxylation is 1. The van der Waals surface area contributed by atoms with E-state index in [1.807, 2.05) is 0 Å². The molecule has 0 radical (unpaired) electrons. The fourth-order valence-corrected chi connectivity index (χ4v) is 4.74. The van der Waals surface area contributed by atoms with E-state index < -0.39 is 37.1 Å². The molecule has 15 heteroatoms. The van der Waals surface area contributed by atoms with Gasteiger partial charge in [-0.2, -0.15) is 0 Å². The Balaban J connectivity index is 1.66. The molecule has 0 aliphatic carbocycles. The quantitative estimate of drug-likeness (QED) is 0.214. The summed E-state index contributed by atoms with van der Waals surface area (Å²) >= 11 is 6.00. The summed E-state index contributed by atoms with van der Waals surface area (Å²) < 4.78 is 42.6. The molecule has 3 N–H and O–H groups in total. The molecule has 0 aliphatic heterocycles. The minimum atomic E-state index is -3.31. The summed E-state index contributed by atoms with van der Waals surface area (Å²) in [5, 5.41) is 14.1. The number of hydrogen-bond donors (Lipinski definition) is 3. The summed E-state index contributed by atoms with van der Waals surface area (Å²) in [4.78, 5) is 40.8. The van der Waals surface area contributed by atoms with Crippen LogP contribution in [-0.2, 0) is 25.0 Å². The van der Waals surface area contributed by atoms with Gasteiger partial charge in [0.2, 0.25) is 5.91 Å². The molecule has 3 aromatic rings. The zero-order valence-electron chi connectivity index (χ0n) is 22.2. The first-order valence-corrected chi connectivity index (χ1v) is 15.6. The minimum absolute atomic E-state index is 0.0391. The van der Waals surface area contributed by atoms with Crippen molar-refractivity contribution in [2.24, 2.45) is 0 Å². The van der Waals surface area contributed by atoms with Gasteiger partial charge in [-0.3, -0.25) is 10.1 Å². The van der Waals surface area contributed by atoms with Crippen LogP contribution in [0.15, 0.2) is 48.7 Å². The van der Waals surface area contributed by atoms with Gasteiger partial charge in [0.15, 0.2) is 0 Å². The van der Waals surface area contributed by atoms with Gasteiger partial charge in [-0.1, -0.05) is 23.7 Å². The first-order valence-electron chi connectivity index (χ1n) is 12.3. The Morgan fingerprint density at radius 3 is 2.68 bits per heavy atom. The van der Waals surface area contributed by atoms with Crippen molar-refractivity contribution in [2.45, 2.75) is 31.4 Å². The van der Waals surface area contributed by atoms with Crippen LogP contribution in [0.2, 0.25) is 5.02 Å². The molecule has 1 aromatic heterocycles. The number of fused-ring (bicyclic) bond motifs is 1. The van der Waals surface area contributed by atoms with Gasteiger partial charge >= 0.3 is 6.09 Å². The van der Waals surface area contributed by atoms with Crippen LogP contribution in [0.5, 0.6) is 0 Å². The van der Waals surface area contributed by atoms with Crippen molar-refractivity contribution in [3.05, 3.63) is 70.9 Å². The highest BCUT2D eigenvalue weighted by Gasteiger charge is 2.26. The van der Waals surface area contributed by atoms with E-state index in [9.17, 15) is 28.4 Å². The number of rotatable bonds is 13. The van der Waals surface area contributed by atoms with E-state index in [-0.39, 0.29) is 49.2 Å². The van der Waals surface area contributed by atoms with Crippen LogP contribution in [0.4, 0.5) is 19.4 Å². The van der Waals surface area contributed by atoms with Gasteiger partial charge in [-0.25, -0.2) is 18.6 Å². The number of nitrogens with zero attached hydrogens (tertiary/aromatic N) is 2. The van der Waals surface area contributed by atoms with Crippen molar-refractivity contribution < 1.29 is 42.2 Å². The number of amides is 2. The van der Waals surface area contributed by atoms with E-state index in [0.29, 0.717) is 16.3 Å². The summed E-state index contributed by atoms with van der Waals surface area (Å²) in [6.45, 7) is -0.672. The number of halogens is 3. The Kier molecular flexibility index (Phi) is 12.0. The summed E-state index contributed by atoms with van der Waals surface area (Å²) in [5.74, 6) is -1.30. The Bertz CT molecular complexity index is 1440. The molecule has 41 heavy (non-hydrogen) atoms. The lowest BCUT2D eigenvalue weighted by molar-refractivity contribution is -0.133. The Morgan fingerprint density at radius 1 is 1.20 bits per heavy atom. The number of aromatic nitrogens is 1. The van der Waals surface area contributed by atoms with Crippen molar-refractivity contribution in [3.8, 4) is 0 Å². The number of likely N-dealkylation sites (N-methyl/N-ethyl adjacent to an activating group) is 1. The van der Waals surface area contributed by atoms with Crippen LogP contribution in [0.3, 0.4) is 0 Å². The van der Waals surface area contributed by atoms with E-state index in [0.717, 1.165) is 0 Å². The van der Waals surface area contributed by atoms with Crippen molar-refractivity contribution >= 4 is 55.9 Å². The Hall–Kier alpha value is -2.69. The fraction of sp³-hybridized carbons (Fsp3) is 0.346. The molecule has 2 aromatic carbocycles. The van der Waals surface area contributed by atoms with Gasteiger partial charge in [0.25, 0.3) is 7.23 Å². The molecule has 2 unspecified atom stereocenters. The van der Waals surface area contributed by atoms with Crippen molar-refractivity contribution in [2.75, 3.05) is 32.7 Å². The molecule has 0 aliphatic rings. The normalized spacial score (nSPS) is 14.2. The predicted octanol–water partition coefficient (Wildman–Crippen LogP) is 5.40. The number of aliphatic hydroxyl groups is 1. The molecular formula is C26H30ClF2N3O7P2. The van der Waals surface area contributed by atoms with Crippen LogP contribution < -0.4 is 5.32 Å². The van der Waals surface area contributed by atoms with Crippen molar-refractivity contribution in [3.63, 3.8) is 0 Å². The molecule has 1 heterocycles. The number of carbonyl (C=O) groups excluding carboxylic acids is 2. The molecule has 0 spiro atoms. The van der Waals surface area contributed by atoms with E-state index in [4.69, 9.17) is 25.4 Å². The maximum Gasteiger partial charge on any atom is 0.412 e. The van der Waals surface area contributed by atoms with Crippen LogP contribution >= 0.6 is 27.4 Å². The zero-order chi connectivity index (χ0) is 30.2. The highest BCUT2D eigenvalue weighted by atomic mass is 35.5. The number of pyridine rings is 1. The number of ether oxygens (including phenoxy) is 1. The summed E-state index contributed by atoms with van der Waals surface area (Å²) in [7, 11) is 2.32. The Morgan fingerprint density at radius 2 is 1.95 bits per heavy atom. The smallest absolute Gasteiger partial charge is 0.412 e. The van der Waals surface area contributed by atoms with Crippen molar-refractivity contribution in [1.82, 2.24) is 9.88 Å². The van der Waals surface area contributed by atoms with Gasteiger partial charge in [0.1, 0.15) is 24.1 Å². The molecule has 0 saturated carbocycles. The second kappa shape index (κ2) is 15.0. The van der Waals surface area contributed by atoms with Gasteiger partial charge in [-0.05, 0) is 62.6 Å². The zero-order valence-corrected chi connectivity index (χ0v) is 24.9. The number of anilines is 1. The third kappa shape index (κ3) is 9.97. The highest BCUT2D eigenvalue weighted by molar-refractivity contribution is 7.88. The first kappa shape index (κ1) is 32.8. The van der Waals surface area contributed by atoms with Crippen LogP contribution in [-0.4, -0.2) is 71.4 Å². The molecule has 0 fully saturated rings. The average molecular weight is 632 g/mol. The second-order valence-corrected chi connectivity index (χ2v) is 12.8. The van der Waals surface area contributed by atoms with Crippen LogP contribution in [0.1, 0.15) is 18.4 Å². The van der Waals surface area contributed by atoms with Gasteiger partial charge in [-0.15, -0.1) is 0 Å². The molecule has 0 bridgehead atoms. The number of carbonyl (C=O) groups is 2. The number of aliphatic hydroxyl groups excluding tert-OH is 1. The average Bonchev–Trinajstić information content (AvgIpc) is 2.94. The van der Waals surface area contributed by atoms with E-state index in [2.05, 4.69) is 18.8 Å². The van der Waals surface area contributed by atoms with Gasteiger partial charge in [0, 0.05) is 32.2 Å². The minimum Gasteiger partial charge on any atom is -0.447 e. The van der Waals surface area contributed by atoms with E-state index >= 15 is 0 Å². The van der Waals surface area contributed by atoms with Crippen LogP contribution in [0.25, 0.3) is 10.8 Å². The largest absolute Gasteiger partial charge is 0.447 e. The number of hydrogen-bond acceptors (Lipinski definition) is 7. The summed E-state index contributed by atoms with van der Waals surface area (Å²) in [6.07, 6.45) is -0.593. The lowest BCUT2D eigenvalue weighted by Gasteiger charge is -2.30. The topological polar surface area (TPSA) is 130 Å². The first-order chi connectivity index (χ1) is 19.4. The maximum absolute atomic E-state index is 13.8. The lowest BCUT2D eigenvalue weighted by atomic mass is 10.1. The molecule has 3 atom stereocenters. The lowest BCUT2D eigenvalue weighted by Crippen LogP contribution is -2.43. The number of nitrogens with one attached hydrogen (secondary N) is 1. The molecule has 2 amide bonds. The number of benzene rings is 2. The monoisotopic (exact) mass is 631 g/mol. The predicted molar refractivity (Wildman–Crippen MR) is 154 cm³/mol. The Labute approximate surface area is 242 Å². The SMILES string of the molecule is COP(O)(=P)OCC(O)C[C@@H](COC(=O)Nc1cc2cc(F)ccc2cn1)N(C)C(=O)CCc1cccc(F)c1Cl. The van der Waals surface area contributed by atoms with Gasteiger partial charge in [0.05, 0.1) is 23.8 Å². The third-order valence-electron chi connectivity index (χ3n) is 6.14. The molecule has 222 valence electrons. The highest BCUT2D eigenvalue weighted by Crippen LogP contribution is 2.48. The fourth-order valence-electron chi connectivity index (χ4n) is 3.82. The maximum atomic E-state index is 13.8. The van der Waals surface area contributed by atoms with E-state index in [1.54, 1.807) is 12.1 Å².